The Kier molecular flexibility index (Phi) is 4.49. The first-order valence-electron chi connectivity index (χ1n) is 7.12. The molecule has 1 aliphatic carbocycles. The smallest absolute Gasteiger partial charge is 0.00161 e. The highest BCUT2D eigenvalue weighted by Crippen LogP contribution is 2.34. The second-order valence-electron chi connectivity index (χ2n) is 5.52. The fraction of sp³-hybridized carbons (Fsp3) is 1.00. The van der Waals surface area contributed by atoms with Crippen molar-refractivity contribution >= 4 is 0 Å². The zero-order valence-corrected chi connectivity index (χ0v) is 10.4. The molecule has 1 saturated carbocycles. The molecule has 88 valence electrons. The Morgan fingerprint density at radius 3 is 1.87 bits per heavy atom. The molecular formula is C14H27N. The Bertz CT molecular complexity index is 162. The molecule has 0 radical (unpaired) electrons. The number of likely N-dealkylation sites (tertiary alicyclic amines) is 1. The van der Waals surface area contributed by atoms with Gasteiger partial charge in [-0.2, -0.15) is 0 Å². The maximum absolute atomic E-state index is 2.62. The molecule has 1 heteroatoms. The summed E-state index contributed by atoms with van der Waals surface area (Å²) in [5.74, 6) is 2.16. The van der Waals surface area contributed by atoms with Gasteiger partial charge in [-0.25, -0.2) is 0 Å². The van der Waals surface area contributed by atoms with Gasteiger partial charge in [-0.05, 0) is 44.3 Å². The van der Waals surface area contributed by atoms with E-state index in [-0.39, 0.29) is 0 Å². The van der Waals surface area contributed by atoms with Gasteiger partial charge in [-0.15, -0.1) is 0 Å². The van der Waals surface area contributed by atoms with Crippen LogP contribution >= 0.6 is 0 Å². The number of hydrogen-bond donors (Lipinski definition) is 0. The number of nitrogens with zero attached hydrogens (tertiary/aromatic N) is 1. The largest absolute Gasteiger partial charge is 0.304 e. The van der Waals surface area contributed by atoms with Crippen molar-refractivity contribution < 1.29 is 0 Å². The zero-order chi connectivity index (χ0) is 10.5. The summed E-state index contributed by atoms with van der Waals surface area (Å²) in [6.07, 6.45) is 12.1. The zero-order valence-electron chi connectivity index (χ0n) is 10.4. The van der Waals surface area contributed by atoms with Crippen molar-refractivity contribution in [3.8, 4) is 0 Å². The number of piperidine rings is 1. The highest BCUT2D eigenvalue weighted by atomic mass is 15.1. The van der Waals surface area contributed by atoms with Crippen molar-refractivity contribution in [1.29, 1.82) is 0 Å². The van der Waals surface area contributed by atoms with E-state index in [0.29, 0.717) is 0 Å². The second kappa shape index (κ2) is 5.89. The summed E-state index contributed by atoms with van der Waals surface area (Å²) in [5, 5.41) is 0. The van der Waals surface area contributed by atoms with Crippen molar-refractivity contribution in [2.45, 2.75) is 58.3 Å². The fourth-order valence-electron chi connectivity index (χ4n) is 3.52. The van der Waals surface area contributed by atoms with Crippen LogP contribution in [0.2, 0.25) is 0 Å². The summed E-state index contributed by atoms with van der Waals surface area (Å²) >= 11 is 0. The molecule has 0 bridgehead atoms. The van der Waals surface area contributed by atoms with Crippen LogP contribution in [0.1, 0.15) is 58.3 Å². The van der Waals surface area contributed by atoms with Gasteiger partial charge >= 0.3 is 0 Å². The molecule has 0 unspecified atom stereocenters. The molecule has 15 heavy (non-hydrogen) atoms. The van der Waals surface area contributed by atoms with Crippen LogP contribution in [-0.2, 0) is 0 Å². The lowest BCUT2D eigenvalue weighted by atomic mass is 9.80. The van der Waals surface area contributed by atoms with E-state index >= 15 is 0 Å². The molecular weight excluding hydrogens is 182 g/mol. The lowest BCUT2D eigenvalue weighted by molar-refractivity contribution is 0.144. The normalized spacial score (nSPS) is 27.8. The quantitative estimate of drug-likeness (QED) is 0.627. The van der Waals surface area contributed by atoms with Crippen LogP contribution in [0.25, 0.3) is 0 Å². The molecule has 0 N–H and O–H groups in total. The van der Waals surface area contributed by atoms with Gasteiger partial charge in [0.2, 0.25) is 0 Å². The van der Waals surface area contributed by atoms with Gasteiger partial charge in [-0.1, -0.05) is 45.4 Å². The van der Waals surface area contributed by atoms with Crippen molar-refractivity contribution in [3.05, 3.63) is 0 Å². The van der Waals surface area contributed by atoms with Crippen LogP contribution in [0.15, 0.2) is 0 Å². The molecule has 0 atom stereocenters. The minimum Gasteiger partial charge on any atom is -0.304 e. The summed E-state index contributed by atoms with van der Waals surface area (Å²) in [4.78, 5) is 2.62. The molecule has 1 nitrogen and oxygen atoms in total. The van der Waals surface area contributed by atoms with E-state index in [1.54, 1.807) is 0 Å². The fourth-order valence-corrected chi connectivity index (χ4v) is 3.52. The first-order valence-corrected chi connectivity index (χ1v) is 7.12. The van der Waals surface area contributed by atoms with E-state index in [1.165, 1.54) is 71.0 Å². The third-order valence-electron chi connectivity index (χ3n) is 4.65. The molecule has 0 aromatic rings. The molecule has 2 fully saturated rings. The van der Waals surface area contributed by atoms with Crippen LogP contribution in [0, 0.1) is 11.8 Å². The summed E-state index contributed by atoms with van der Waals surface area (Å²) in [6, 6.07) is 0. The summed E-state index contributed by atoms with van der Waals surface area (Å²) in [6.45, 7) is 6.30. The van der Waals surface area contributed by atoms with E-state index in [4.69, 9.17) is 0 Å². The molecule has 1 heterocycles. The first-order chi connectivity index (χ1) is 7.40. The number of hydrogen-bond acceptors (Lipinski definition) is 1. The van der Waals surface area contributed by atoms with E-state index in [0.717, 1.165) is 11.8 Å². The van der Waals surface area contributed by atoms with Crippen molar-refractivity contribution in [2.75, 3.05) is 19.6 Å². The van der Waals surface area contributed by atoms with E-state index in [1.807, 2.05) is 0 Å². The molecule has 0 aromatic heterocycles. The van der Waals surface area contributed by atoms with Crippen LogP contribution in [0.5, 0.6) is 0 Å². The molecule has 2 rings (SSSR count). The van der Waals surface area contributed by atoms with Crippen molar-refractivity contribution in [3.63, 3.8) is 0 Å². The van der Waals surface area contributed by atoms with E-state index in [2.05, 4.69) is 11.8 Å². The van der Waals surface area contributed by atoms with E-state index < -0.39 is 0 Å². The minimum atomic E-state index is 1.07. The monoisotopic (exact) mass is 209 g/mol. The van der Waals surface area contributed by atoms with Gasteiger partial charge in [0.25, 0.3) is 0 Å². The van der Waals surface area contributed by atoms with Gasteiger partial charge in [0.05, 0.1) is 0 Å². The van der Waals surface area contributed by atoms with Crippen LogP contribution < -0.4 is 0 Å². The van der Waals surface area contributed by atoms with Gasteiger partial charge < -0.3 is 4.90 Å². The van der Waals surface area contributed by atoms with Crippen LogP contribution in [0.4, 0.5) is 0 Å². The Morgan fingerprint density at radius 1 is 0.800 bits per heavy atom. The predicted molar refractivity (Wildman–Crippen MR) is 66.0 cm³/mol. The average molecular weight is 209 g/mol. The Hall–Kier alpha value is -0.0400. The maximum atomic E-state index is 2.62. The molecule has 2 aliphatic rings. The average Bonchev–Trinajstić information content (AvgIpc) is 2.58. The molecule has 1 saturated heterocycles. The second-order valence-corrected chi connectivity index (χ2v) is 5.52. The molecule has 0 spiro atoms. The minimum absolute atomic E-state index is 1.07. The van der Waals surface area contributed by atoms with Gasteiger partial charge in [0.15, 0.2) is 0 Å². The Morgan fingerprint density at radius 2 is 1.33 bits per heavy atom. The summed E-state index contributed by atoms with van der Waals surface area (Å²) < 4.78 is 0. The third-order valence-corrected chi connectivity index (χ3v) is 4.65. The van der Waals surface area contributed by atoms with Crippen molar-refractivity contribution in [2.24, 2.45) is 11.8 Å². The SMILES string of the molecule is CCN1CCC(C2CCCCCC2)CC1. The molecule has 0 aromatic carbocycles. The maximum Gasteiger partial charge on any atom is -0.00161 e. The standard InChI is InChI=1S/C14H27N/c1-2-15-11-9-14(10-12-15)13-7-5-3-4-6-8-13/h13-14H,2-12H2,1H3. The summed E-state index contributed by atoms with van der Waals surface area (Å²) in [5.41, 5.74) is 0. The van der Waals surface area contributed by atoms with Gasteiger partial charge in [0.1, 0.15) is 0 Å². The predicted octanol–water partition coefficient (Wildman–Crippen LogP) is 3.69. The van der Waals surface area contributed by atoms with Crippen LogP contribution in [-0.4, -0.2) is 24.5 Å². The molecule has 0 amide bonds. The van der Waals surface area contributed by atoms with Crippen LogP contribution in [0.3, 0.4) is 0 Å². The van der Waals surface area contributed by atoms with Gasteiger partial charge in [-0.3, -0.25) is 0 Å². The topological polar surface area (TPSA) is 3.24 Å². The van der Waals surface area contributed by atoms with E-state index in [9.17, 15) is 0 Å². The molecule has 1 aliphatic heterocycles. The Labute approximate surface area is 95.2 Å². The highest BCUT2D eigenvalue weighted by Gasteiger charge is 2.26. The lowest BCUT2D eigenvalue weighted by Crippen LogP contribution is -2.35. The summed E-state index contributed by atoms with van der Waals surface area (Å²) in [7, 11) is 0. The lowest BCUT2D eigenvalue weighted by Gasteiger charge is -2.35. The van der Waals surface area contributed by atoms with Crippen molar-refractivity contribution in [1.82, 2.24) is 4.90 Å². The number of rotatable bonds is 2. The highest BCUT2D eigenvalue weighted by molar-refractivity contribution is 4.78. The third kappa shape index (κ3) is 3.21. The Balaban J connectivity index is 1.78. The van der Waals surface area contributed by atoms with Gasteiger partial charge in [0, 0.05) is 0 Å². The first kappa shape index (κ1) is 11.4.